The van der Waals surface area contributed by atoms with Crippen LogP contribution in [0, 0.1) is 0 Å². The molecule has 0 bridgehead atoms. The number of ether oxygens (including phenoxy) is 1. The number of sulfone groups is 1. The molecule has 1 fully saturated rings. The number of rotatable bonds is 5. The summed E-state index contributed by atoms with van der Waals surface area (Å²) in [6.45, 7) is 4.45. The maximum Gasteiger partial charge on any atom is 0.154 e. The van der Waals surface area contributed by atoms with Crippen molar-refractivity contribution in [1.82, 2.24) is 0 Å². The minimum absolute atomic E-state index is 0.169. The van der Waals surface area contributed by atoms with Gasteiger partial charge in [0.25, 0.3) is 0 Å². The van der Waals surface area contributed by atoms with Gasteiger partial charge in [-0.1, -0.05) is 6.92 Å². The molecule has 78 valence electrons. The summed E-state index contributed by atoms with van der Waals surface area (Å²) in [6, 6.07) is 0. The maximum absolute atomic E-state index is 11.4. The van der Waals surface area contributed by atoms with Crippen molar-refractivity contribution in [2.75, 3.05) is 19.0 Å². The van der Waals surface area contributed by atoms with E-state index in [2.05, 4.69) is 0 Å². The molecule has 2 N–H and O–H groups in total. The van der Waals surface area contributed by atoms with Crippen LogP contribution in [0.1, 0.15) is 20.3 Å². The van der Waals surface area contributed by atoms with E-state index in [1.807, 2.05) is 6.92 Å². The van der Waals surface area contributed by atoms with Crippen molar-refractivity contribution >= 4 is 9.84 Å². The average molecular weight is 207 g/mol. The van der Waals surface area contributed by atoms with Crippen molar-refractivity contribution in [1.29, 1.82) is 0 Å². The molecule has 5 heteroatoms. The summed E-state index contributed by atoms with van der Waals surface area (Å²) in [5.41, 5.74) is 5.23. The summed E-state index contributed by atoms with van der Waals surface area (Å²) in [7, 11) is -2.97. The third kappa shape index (κ3) is 2.21. The Labute approximate surface area is 79.4 Å². The van der Waals surface area contributed by atoms with Crippen LogP contribution in [0.15, 0.2) is 0 Å². The van der Waals surface area contributed by atoms with Crippen molar-refractivity contribution in [2.45, 2.75) is 31.1 Å². The van der Waals surface area contributed by atoms with E-state index in [0.717, 1.165) is 0 Å². The van der Waals surface area contributed by atoms with Gasteiger partial charge in [0.1, 0.15) is 0 Å². The van der Waals surface area contributed by atoms with E-state index >= 15 is 0 Å². The van der Waals surface area contributed by atoms with E-state index in [-0.39, 0.29) is 11.0 Å². The van der Waals surface area contributed by atoms with Crippen LogP contribution in [0.2, 0.25) is 0 Å². The highest BCUT2D eigenvalue weighted by Crippen LogP contribution is 2.40. The second kappa shape index (κ2) is 3.55. The highest BCUT2D eigenvalue weighted by Gasteiger charge is 2.58. The molecule has 0 spiro atoms. The van der Waals surface area contributed by atoms with Gasteiger partial charge in [-0.25, -0.2) is 8.42 Å². The van der Waals surface area contributed by atoms with Crippen LogP contribution in [0.25, 0.3) is 0 Å². The lowest BCUT2D eigenvalue weighted by Gasteiger charge is -2.10. The molecule has 1 saturated carbocycles. The first-order chi connectivity index (χ1) is 5.96. The Hall–Kier alpha value is -0.130. The largest absolute Gasteiger partial charge is 0.380 e. The fourth-order valence-electron chi connectivity index (χ4n) is 1.42. The van der Waals surface area contributed by atoms with Crippen molar-refractivity contribution in [3.8, 4) is 0 Å². The van der Waals surface area contributed by atoms with Gasteiger partial charge in [-0.15, -0.1) is 0 Å². The van der Waals surface area contributed by atoms with E-state index in [1.165, 1.54) is 0 Å². The Balaban J connectivity index is 2.53. The molecule has 0 heterocycles. The molecule has 0 aromatic carbocycles. The number of hydrogen-bond acceptors (Lipinski definition) is 4. The summed E-state index contributed by atoms with van der Waals surface area (Å²) in [4.78, 5) is 0. The van der Waals surface area contributed by atoms with Crippen molar-refractivity contribution < 1.29 is 13.2 Å². The van der Waals surface area contributed by atoms with E-state index in [0.29, 0.717) is 19.6 Å². The van der Waals surface area contributed by atoms with Crippen LogP contribution in [0.3, 0.4) is 0 Å². The average Bonchev–Trinajstić information content (AvgIpc) is 2.76. The summed E-state index contributed by atoms with van der Waals surface area (Å²) in [5, 5.41) is -0.378. The SMILES string of the molecule is CCOC[C@@]1(N)C[C@H]1S(=O)(=O)CC. The van der Waals surface area contributed by atoms with Gasteiger partial charge in [-0.3, -0.25) is 0 Å². The summed E-state index contributed by atoms with van der Waals surface area (Å²) >= 11 is 0. The first-order valence-corrected chi connectivity index (χ1v) is 6.26. The molecule has 1 aliphatic carbocycles. The summed E-state index contributed by atoms with van der Waals surface area (Å²) in [6.07, 6.45) is 0.545. The topological polar surface area (TPSA) is 69.4 Å². The highest BCUT2D eigenvalue weighted by molar-refractivity contribution is 7.92. The summed E-state index contributed by atoms with van der Waals surface area (Å²) in [5.74, 6) is 0.169. The lowest BCUT2D eigenvalue weighted by Crippen LogP contribution is -2.36. The number of nitrogens with two attached hydrogens (primary N) is 1. The monoisotopic (exact) mass is 207 g/mol. The van der Waals surface area contributed by atoms with E-state index in [4.69, 9.17) is 10.5 Å². The molecule has 1 rings (SSSR count). The minimum atomic E-state index is -2.97. The zero-order valence-corrected chi connectivity index (χ0v) is 8.93. The van der Waals surface area contributed by atoms with Gasteiger partial charge in [0.05, 0.1) is 17.4 Å². The molecule has 4 nitrogen and oxygen atoms in total. The quantitative estimate of drug-likeness (QED) is 0.685. The lowest BCUT2D eigenvalue weighted by atomic mass is 10.3. The Kier molecular flexibility index (Phi) is 2.99. The van der Waals surface area contributed by atoms with E-state index < -0.39 is 15.4 Å². The third-order valence-corrected chi connectivity index (χ3v) is 4.77. The van der Waals surface area contributed by atoms with Gasteiger partial charge >= 0.3 is 0 Å². The second-order valence-electron chi connectivity index (χ2n) is 3.51. The van der Waals surface area contributed by atoms with Gasteiger partial charge in [-0.2, -0.15) is 0 Å². The first kappa shape index (κ1) is 10.9. The van der Waals surface area contributed by atoms with Gasteiger partial charge in [0.2, 0.25) is 0 Å². The first-order valence-electron chi connectivity index (χ1n) is 4.54. The fraction of sp³-hybridized carbons (Fsp3) is 1.00. The van der Waals surface area contributed by atoms with Crippen LogP contribution in [0.5, 0.6) is 0 Å². The van der Waals surface area contributed by atoms with Crippen LogP contribution in [-0.2, 0) is 14.6 Å². The standard InChI is InChI=1S/C8H17NO3S/c1-3-12-6-8(9)5-7(8)13(10,11)4-2/h7H,3-6,9H2,1-2H3/t7-,8+/m1/s1. The third-order valence-electron chi connectivity index (χ3n) is 2.46. The predicted molar refractivity (Wildman–Crippen MR) is 51.3 cm³/mol. The van der Waals surface area contributed by atoms with E-state index in [1.54, 1.807) is 6.92 Å². The molecule has 0 saturated heterocycles. The van der Waals surface area contributed by atoms with Crippen molar-refractivity contribution in [2.24, 2.45) is 5.73 Å². The number of hydrogen-bond donors (Lipinski definition) is 1. The van der Waals surface area contributed by atoms with Gasteiger partial charge in [-0.05, 0) is 13.3 Å². The highest BCUT2D eigenvalue weighted by atomic mass is 32.2. The normalized spacial score (nSPS) is 33.3. The van der Waals surface area contributed by atoms with Crippen molar-refractivity contribution in [3.63, 3.8) is 0 Å². The Morgan fingerprint density at radius 3 is 2.62 bits per heavy atom. The minimum Gasteiger partial charge on any atom is -0.380 e. The van der Waals surface area contributed by atoms with Crippen LogP contribution in [0.4, 0.5) is 0 Å². The Morgan fingerprint density at radius 1 is 1.54 bits per heavy atom. The smallest absolute Gasteiger partial charge is 0.154 e. The van der Waals surface area contributed by atoms with Gasteiger partial charge in [0.15, 0.2) is 9.84 Å². The predicted octanol–water partition coefficient (Wildman–Crippen LogP) is -0.0726. The molecule has 0 amide bonds. The molecule has 0 radical (unpaired) electrons. The van der Waals surface area contributed by atoms with Gasteiger partial charge in [0, 0.05) is 12.4 Å². The van der Waals surface area contributed by atoms with E-state index in [9.17, 15) is 8.42 Å². The molecule has 0 aliphatic heterocycles. The molecule has 0 aromatic heterocycles. The zero-order chi connectivity index (χ0) is 10.1. The maximum atomic E-state index is 11.4. The molecule has 13 heavy (non-hydrogen) atoms. The zero-order valence-electron chi connectivity index (χ0n) is 8.12. The molecule has 0 aromatic rings. The molecule has 2 atom stereocenters. The Morgan fingerprint density at radius 2 is 2.15 bits per heavy atom. The summed E-state index contributed by atoms with van der Waals surface area (Å²) < 4.78 is 28.0. The van der Waals surface area contributed by atoms with Crippen LogP contribution in [-0.4, -0.2) is 38.2 Å². The second-order valence-corrected chi connectivity index (χ2v) is 5.99. The Bertz CT molecular complexity index is 275. The van der Waals surface area contributed by atoms with Crippen molar-refractivity contribution in [3.05, 3.63) is 0 Å². The van der Waals surface area contributed by atoms with Gasteiger partial charge < -0.3 is 10.5 Å². The molecule has 0 unspecified atom stereocenters. The lowest BCUT2D eigenvalue weighted by molar-refractivity contribution is 0.127. The fourth-order valence-corrected chi connectivity index (χ4v) is 3.17. The van der Waals surface area contributed by atoms with Crippen LogP contribution >= 0.6 is 0 Å². The van der Waals surface area contributed by atoms with Crippen LogP contribution < -0.4 is 5.73 Å². The molecule has 1 aliphatic rings. The molecular formula is C8H17NO3S. The molecular weight excluding hydrogens is 190 g/mol.